The van der Waals surface area contributed by atoms with Gasteiger partial charge in [0.15, 0.2) is 6.10 Å². The van der Waals surface area contributed by atoms with Gasteiger partial charge >= 0.3 is 0 Å². The van der Waals surface area contributed by atoms with E-state index in [0.717, 1.165) is 5.56 Å². The zero-order chi connectivity index (χ0) is 14.4. The van der Waals surface area contributed by atoms with E-state index in [9.17, 15) is 15.0 Å². The second-order valence-electron chi connectivity index (χ2n) is 4.34. The Morgan fingerprint density at radius 1 is 1.15 bits per heavy atom. The molecular formula is C15H16N2O3. The van der Waals surface area contributed by atoms with Gasteiger partial charge in [-0.25, -0.2) is 0 Å². The van der Waals surface area contributed by atoms with E-state index < -0.39 is 18.1 Å². The Hall–Kier alpha value is -2.24. The van der Waals surface area contributed by atoms with Gasteiger partial charge in [0.25, 0.3) is 5.91 Å². The Balaban J connectivity index is 2.06. The number of hydrogen-bond acceptors (Lipinski definition) is 4. The standard InChI is InChI=1S/C15H16N2O3/c18-10-13(11-5-2-1-3-6-11)17-15(20)14(19)12-7-4-8-16-9-12/h1-9,13-14,18-19H,10H2,(H,17,20)/t13-,14-/m1/s1. The summed E-state index contributed by atoms with van der Waals surface area (Å²) in [7, 11) is 0. The molecule has 1 amide bonds. The fraction of sp³-hybridized carbons (Fsp3) is 0.200. The molecule has 0 aliphatic heterocycles. The van der Waals surface area contributed by atoms with E-state index in [0.29, 0.717) is 5.56 Å². The molecule has 0 aliphatic carbocycles. The molecular weight excluding hydrogens is 256 g/mol. The number of aromatic nitrogens is 1. The van der Waals surface area contributed by atoms with Crippen molar-refractivity contribution in [2.45, 2.75) is 12.1 Å². The highest BCUT2D eigenvalue weighted by Gasteiger charge is 2.21. The maximum Gasteiger partial charge on any atom is 0.254 e. The molecule has 0 saturated heterocycles. The smallest absolute Gasteiger partial charge is 0.254 e. The lowest BCUT2D eigenvalue weighted by Crippen LogP contribution is -2.34. The number of aliphatic hydroxyl groups is 2. The molecule has 1 aromatic heterocycles. The number of rotatable bonds is 5. The van der Waals surface area contributed by atoms with E-state index in [-0.39, 0.29) is 6.61 Å². The maximum absolute atomic E-state index is 12.0. The van der Waals surface area contributed by atoms with Gasteiger partial charge in [0.1, 0.15) is 0 Å². The third kappa shape index (κ3) is 3.40. The summed E-state index contributed by atoms with van der Waals surface area (Å²) in [4.78, 5) is 15.8. The average Bonchev–Trinajstić information content (AvgIpc) is 2.53. The second-order valence-corrected chi connectivity index (χ2v) is 4.34. The van der Waals surface area contributed by atoms with E-state index in [1.54, 1.807) is 30.5 Å². The molecule has 5 heteroatoms. The van der Waals surface area contributed by atoms with Crippen molar-refractivity contribution in [2.24, 2.45) is 0 Å². The first-order valence-electron chi connectivity index (χ1n) is 6.26. The maximum atomic E-state index is 12.0. The Kier molecular flexibility index (Phi) is 4.81. The lowest BCUT2D eigenvalue weighted by atomic mass is 10.1. The summed E-state index contributed by atoms with van der Waals surface area (Å²) in [5.74, 6) is -0.569. The molecule has 2 rings (SSSR count). The van der Waals surface area contributed by atoms with Gasteiger partial charge in [-0.2, -0.15) is 0 Å². The molecule has 0 bridgehead atoms. The van der Waals surface area contributed by atoms with Gasteiger partial charge in [0.2, 0.25) is 0 Å². The van der Waals surface area contributed by atoms with Gasteiger partial charge in [-0.3, -0.25) is 9.78 Å². The van der Waals surface area contributed by atoms with Gasteiger partial charge in [0.05, 0.1) is 12.6 Å². The molecule has 0 saturated carbocycles. The minimum atomic E-state index is -1.30. The molecule has 3 N–H and O–H groups in total. The van der Waals surface area contributed by atoms with Crippen molar-refractivity contribution in [3.05, 3.63) is 66.0 Å². The van der Waals surface area contributed by atoms with Crippen molar-refractivity contribution < 1.29 is 15.0 Å². The Morgan fingerprint density at radius 3 is 2.45 bits per heavy atom. The largest absolute Gasteiger partial charge is 0.394 e. The van der Waals surface area contributed by atoms with E-state index in [2.05, 4.69) is 10.3 Å². The zero-order valence-corrected chi connectivity index (χ0v) is 10.8. The molecule has 0 spiro atoms. The van der Waals surface area contributed by atoms with Crippen molar-refractivity contribution in [3.63, 3.8) is 0 Å². The van der Waals surface area contributed by atoms with Crippen LogP contribution >= 0.6 is 0 Å². The van der Waals surface area contributed by atoms with Crippen molar-refractivity contribution in [2.75, 3.05) is 6.61 Å². The first kappa shape index (κ1) is 14.2. The SMILES string of the molecule is O=C(N[C@H](CO)c1ccccc1)[C@H](O)c1cccnc1. The van der Waals surface area contributed by atoms with Crippen LogP contribution in [0.25, 0.3) is 0 Å². The molecule has 5 nitrogen and oxygen atoms in total. The van der Waals surface area contributed by atoms with Gasteiger partial charge < -0.3 is 15.5 Å². The van der Waals surface area contributed by atoms with E-state index in [1.807, 2.05) is 18.2 Å². The number of carbonyl (C=O) groups excluding carboxylic acids is 1. The number of hydrogen-bond donors (Lipinski definition) is 3. The molecule has 1 aromatic carbocycles. The number of amides is 1. The van der Waals surface area contributed by atoms with Crippen molar-refractivity contribution in [1.82, 2.24) is 10.3 Å². The summed E-state index contributed by atoms with van der Waals surface area (Å²) >= 11 is 0. The summed E-state index contributed by atoms with van der Waals surface area (Å²) in [6.45, 7) is -0.241. The third-order valence-corrected chi connectivity index (χ3v) is 2.95. The van der Waals surface area contributed by atoms with Crippen LogP contribution in [0.15, 0.2) is 54.9 Å². The first-order valence-corrected chi connectivity index (χ1v) is 6.26. The van der Waals surface area contributed by atoms with Crippen LogP contribution in [0, 0.1) is 0 Å². The fourth-order valence-corrected chi connectivity index (χ4v) is 1.86. The fourth-order valence-electron chi connectivity index (χ4n) is 1.86. The minimum absolute atomic E-state index is 0.241. The molecule has 1 heterocycles. The molecule has 0 aliphatic rings. The lowest BCUT2D eigenvalue weighted by molar-refractivity contribution is -0.130. The minimum Gasteiger partial charge on any atom is -0.394 e. The topological polar surface area (TPSA) is 82.5 Å². The molecule has 2 aromatic rings. The number of aliphatic hydroxyl groups excluding tert-OH is 2. The van der Waals surface area contributed by atoms with Crippen molar-refractivity contribution in [1.29, 1.82) is 0 Å². The second kappa shape index (κ2) is 6.79. The van der Waals surface area contributed by atoms with Gasteiger partial charge in [-0.15, -0.1) is 0 Å². The number of carbonyl (C=O) groups is 1. The predicted octanol–water partition coefficient (Wildman–Crippen LogP) is 0.965. The van der Waals surface area contributed by atoms with Crippen molar-refractivity contribution in [3.8, 4) is 0 Å². The van der Waals surface area contributed by atoms with Crippen LogP contribution in [-0.2, 0) is 4.79 Å². The van der Waals surface area contributed by atoms with Crippen LogP contribution in [0.1, 0.15) is 23.3 Å². The summed E-state index contributed by atoms with van der Waals surface area (Å²) < 4.78 is 0. The first-order chi connectivity index (χ1) is 9.72. The zero-order valence-electron chi connectivity index (χ0n) is 10.8. The molecule has 104 valence electrons. The number of benzene rings is 1. The summed E-state index contributed by atoms with van der Waals surface area (Å²) in [5, 5.41) is 21.9. The van der Waals surface area contributed by atoms with Crippen LogP contribution in [0.4, 0.5) is 0 Å². The molecule has 2 atom stereocenters. The highest BCUT2D eigenvalue weighted by atomic mass is 16.3. The predicted molar refractivity (Wildman–Crippen MR) is 73.6 cm³/mol. The van der Waals surface area contributed by atoms with Crippen molar-refractivity contribution >= 4 is 5.91 Å². The summed E-state index contributed by atoms with van der Waals surface area (Å²) in [6, 6.07) is 11.8. The van der Waals surface area contributed by atoms with E-state index in [4.69, 9.17) is 0 Å². The Morgan fingerprint density at radius 2 is 1.85 bits per heavy atom. The number of nitrogens with one attached hydrogen (secondary N) is 1. The quantitative estimate of drug-likeness (QED) is 0.757. The van der Waals surface area contributed by atoms with Crippen LogP contribution in [-0.4, -0.2) is 27.7 Å². The number of nitrogens with zero attached hydrogens (tertiary/aromatic N) is 1. The molecule has 0 unspecified atom stereocenters. The van der Waals surface area contributed by atoms with Crippen LogP contribution in [0.2, 0.25) is 0 Å². The Labute approximate surface area is 116 Å². The Bertz CT molecular complexity index is 546. The third-order valence-electron chi connectivity index (χ3n) is 2.95. The lowest BCUT2D eigenvalue weighted by Gasteiger charge is -2.19. The van der Waals surface area contributed by atoms with Gasteiger partial charge in [-0.1, -0.05) is 36.4 Å². The highest BCUT2D eigenvalue weighted by molar-refractivity contribution is 5.82. The molecule has 0 fully saturated rings. The molecule has 0 radical (unpaired) electrons. The van der Waals surface area contributed by atoms with Crippen LogP contribution in [0.3, 0.4) is 0 Å². The van der Waals surface area contributed by atoms with Gasteiger partial charge in [0, 0.05) is 18.0 Å². The van der Waals surface area contributed by atoms with Crippen LogP contribution < -0.4 is 5.32 Å². The normalized spacial score (nSPS) is 13.5. The van der Waals surface area contributed by atoms with E-state index in [1.165, 1.54) is 6.20 Å². The highest BCUT2D eigenvalue weighted by Crippen LogP contribution is 2.15. The van der Waals surface area contributed by atoms with Crippen LogP contribution in [0.5, 0.6) is 0 Å². The summed E-state index contributed by atoms with van der Waals surface area (Å²) in [5.41, 5.74) is 1.19. The number of pyridine rings is 1. The monoisotopic (exact) mass is 272 g/mol. The average molecular weight is 272 g/mol. The molecule has 20 heavy (non-hydrogen) atoms. The van der Waals surface area contributed by atoms with Gasteiger partial charge in [-0.05, 0) is 11.6 Å². The summed E-state index contributed by atoms with van der Waals surface area (Å²) in [6.07, 6.45) is 1.69. The van der Waals surface area contributed by atoms with E-state index >= 15 is 0 Å².